The molecule has 3 rings (SSSR count). The number of rotatable bonds is 7. The number of nitrogens with two attached hydrogens (primary N) is 1. The number of unbranched alkanes of at least 4 members (excludes halogenated alkanes) is 2. The Morgan fingerprint density at radius 1 is 0.931 bits per heavy atom. The summed E-state index contributed by atoms with van der Waals surface area (Å²) in [6.45, 7) is 1.05. The standard InChI is InChI=1S/C20H24N2O7/c21-4-2-1-3-5-22-17-19(28)16-12(24)8-11(23)9-15(16)29-20(17)10-6-13(25)18(27)14(26)7-10/h6-9,17,20,22-27H,1-5,21H2/t17-,20-/m1/s1. The SMILES string of the molecule is NCCCCCN[C@@H]1C(=O)c2c(O)cc(O)cc2O[C@@H]1c1cc(O)c(O)c(O)c1. The summed E-state index contributed by atoms with van der Waals surface area (Å²) in [5.74, 6) is -2.99. The zero-order valence-electron chi connectivity index (χ0n) is 15.6. The van der Waals surface area contributed by atoms with Crippen molar-refractivity contribution in [3.63, 3.8) is 0 Å². The van der Waals surface area contributed by atoms with E-state index in [1.54, 1.807) is 0 Å². The Hall–Kier alpha value is -3.17. The van der Waals surface area contributed by atoms with Gasteiger partial charge in [0.15, 0.2) is 23.0 Å². The summed E-state index contributed by atoms with van der Waals surface area (Å²) in [4.78, 5) is 13.1. The smallest absolute Gasteiger partial charge is 0.200 e. The predicted molar refractivity (Wildman–Crippen MR) is 104 cm³/mol. The first-order valence-electron chi connectivity index (χ1n) is 9.28. The molecule has 1 aliphatic rings. The normalized spacial score (nSPS) is 18.3. The van der Waals surface area contributed by atoms with E-state index < -0.39 is 40.9 Å². The number of ketones is 1. The van der Waals surface area contributed by atoms with Crippen LogP contribution in [0.3, 0.4) is 0 Å². The second-order valence-corrected chi connectivity index (χ2v) is 6.93. The first-order chi connectivity index (χ1) is 13.8. The molecule has 0 amide bonds. The van der Waals surface area contributed by atoms with Crippen molar-refractivity contribution < 1.29 is 35.1 Å². The fourth-order valence-electron chi connectivity index (χ4n) is 3.38. The number of carbonyl (C=O) groups is 1. The topological polar surface area (TPSA) is 166 Å². The van der Waals surface area contributed by atoms with E-state index in [1.165, 1.54) is 18.2 Å². The molecule has 29 heavy (non-hydrogen) atoms. The maximum absolute atomic E-state index is 13.1. The summed E-state index contributed by atoms with van der Waals surface area (Å²) in [6, 6.07) is 3.70. The van der Waals surface area contributed by atoms with E-state index in [0.717, 1.165) is 25.3 Å². The molecule has 0 aromatic heterocycles. The van der Waals surface area contributed by atoms with Crippen molar-refractivity contribution in [3.05, 3.63) is 35.4 Å². The van der Waals surface area contributed by atoms with Gasteiger partial charge in [-0.05, 0) is 38.1 Å². The van der Waals surface area contributed by atoms with E-state index in [2.05, 4.69) is 5.32 Å². The van der Waals surface area contributed by atoms with Crippen LogP contribution in [0.1, 0.15) is 41.3 Å². The number of carbonyl (C=O) groups excluding carboxylic acids is 1. The number of phenols is 5. The molecule has 1 heterocycles. The molecule has 1 aliphatic heterocycles. The molecule has 8 N–H and O–H groups in total. The molecule has 9 nitrogen and oxygen atoms in total. The zero-order chi connectivity index (χ0) is 21.1. The van der Waals surface area contributed by atoms with Crippen LogP contribution in [0, 0.1) is 0 Å². The van der Waals surface area contributed by atoms with E-state index in [9.17, 15) is 30.3 Å². The number of hydrogen-bond acceptors (Lipinski definition) is 9. The van der Waals surface area contributed by atoms with Gasteiger partial charge < -0.3 is 41.3 Å². The summed E-state index contributed by atoms with van der Waals surface area (Å²) in [5.41, 5.74) is 5.66. The fraction of sp³-hybridized carbons (Fsp3) is 0.350. The molecule has 0 bridgehead atoms. The van der Waals surface area contributed by atoms with Crippen LogP contribution >= 0.6 is 0 Å². The number of benzene rings is 2. The number of fused-ring (bicyclic) bond motifs is 1. The van der Waals surface area contributed by atoms with Crippen LogP contribution in [0.4, 0.5) is 0 Å². The second-order valence-electron chi connectivity index (χ2n) is 6.93. The molecule has 2 aromatic carbocycles. The van der Waals surface area contributed by atoms with Gasteiger partial charge in [0.05, 0.1) is 0 Å². The Bertz CT molecular complexity index is 893. The molecule has 0 fully saturated rings. The van der Waals surface area contributed by atoms with Crippen LogP contribution in [0.15, 0.2) is 24.3 Å². The maximum atomic E-state index is 13.1. The lowest BCUT2D eigenvalue weighted by Gasteiger charge is -2.34. The van der Waals surface area contributed by atoms with Gasteiger partial charge in [0.1, 0.15) is 35.0 Å². The Morgan fingerprint density at radius 3 is 2.28 bits per heavy atom. The number of Topliss-reactive ketones (excluding diaryl/α,β-unsaturated/α-hetero) is 1. The van der Waals surface area contributed by atoms with Crippen molar-refractivity contribution >= 4 is 5.78 Å². The van der Waals surface area contributed by atoms with Crippen LogP contribution < -0.4 is 15.8 Å². The molecule has 0 unspecified atom stereocenters. The number of aromatic hydroxyl groups is 5. The van der Waals surface area contributed by atoms with Crippen LogP contribution in [0.2, 0.25) is 0 Å². The van der Waals surface area contributed by atoms with E-state index >= 15 is 0 Å². The lowest BCUT2D eigenvalue weighted by molar-refractivity contribution is 0.0727. The minimum Gasteiger partial charge on any atom is -0.508 e. The molecule has 0 saturated heterocycles. The van der Waals surface area contributed by atoms with Crippen molar-refractivity contribution in [3.8, 4) is 34.5 Å². The van der Waals surface area contributed by atoms with Gasteiger partial charge in [-0.2, -0.15) is 0 Å². The molecule has 0 saturated carbocycles. The Labute approximate surface area is 167 Å². The quantitative estimate of drug-likeness (QED) is 0.268. The number of phenolic OH excluding ortho intramolecular Hbond substituents is 5. The molecular formula is C20H24N2O7. The van der Waals surface area contributed by atoms with Gasteiger partial charge in [0.2, 0.25) is 0 Å². The van der Waals surface area contributed by atoms with Crippen molar-refractivity contribution in [2.45, 2.75) is 31.4 Å². The average Bonchev–Trinajstić information content (AvgIpc) is 2.66. The Kier molecular flexibility index (Phi) is 6.00. The fourth-order valence-corrected chi connectivity index (χ4v) is 3.38. The minimum absolute atomic E-state index is 0.0225. The molecule has 0 spiro atoms. The van der Waals surface area contributed by atoms with Crippen LogP contribution in [0.25, 0.3) is 0 Å². The summed E-state index contributed by atoms with van der Waals surface area (Å²) in [7, 11) is 0. The molecule has 2 aromatic rings. The van der Waals surface area contributed by atoms with Crippen LogP contribution in [-0.4, -0.2) is 50.4 Å². The van der Waals surface area contributed by atoms with Gasteiger partial charge in [-0.3, -0.25) is 4.79 Å². The highest BCUT2D eigenvalue weighted by Gasteiger charge is 2.40. The summed E-state index contributed by atoms with van der Waals surface area (Å²) in [5, 5.41) is 52.3. The second kappa shape index (κ2) is 8.46. The molecular weight excluding hydrogens is 380 g/mol. The minimum atomic E-state index is -0.983. The van der Waals surface area contributed by atoms with E-state index in [1.807, 2.05) is 0 Å². The van der Waals surface area contributed by atoms with Gasteiger partial charge in [0, 0.05) is 17.7 Å². The first kappa shape index (κ1) is 20.6. The third-order valence-corrected chi connectivity index (χ3v) is 4.82. The Balaban J connectivity index is 1.97. The van der Waals surface area contributed by atoms with Gasteiger partial charge in [-0.25, -0.2) is 0 Å². The van der Waals surface area contributed by atoms with Crippen molar-refractivity contribution in [2.75, 3.05) is 13.1 Å². The van der Waals surface area contributed by atoms with Crippen molar-refractivity contribution in [2.24, 2.45) is 5.73 Å². The molecule has 0 radical (unpaired) electrons. The summed E-state index contributed by atoms with van der Waals surface area (Å²) >= 11 is 0. The Morgan fingerprint density at radius 2 is 1.62 bits per heavy atom. The molecule has 9 heteroatoms. The zero-order valence-corrected chi connectivity index (χ0v) is 15.6. The highest BCUT2D eigenvalue weighted by atomic mass is 16.5. The third-order valence-electron chi connectivity index (χ3n) is 4.82. The summed E-state index contributed by atoms with van der Waals surface area (Å²) in [6.07, 6.45) is 1.49. The highest BCUT2D eigenvalue weighted by Crippen LogP contribution is 2.44. The number of nitrogens with one attached hydrogen (secondary N) is 1. The maximum Gasteiger partial charge on any atom is 0.200 e. The van der Waals surface area contributed by atoms with Gasteiger partial charge in [-0.15, -0.1) is 0 Å². The average molecular weight is 404 g/mol. The lowest BCUT2D eigenvalue weighted by Crippen LogP contribution is -2.47. The van der Waals surface area contributed by atoms with Crippen molar-refractivity contribution in [1.29, 1.82) is 0 Å². The van der Waals surface area contributed by atoms with Crippen LogP contribution in [0.5, 0.6) is 34.5 Å². The van der Waals surface area contributed by atoms with Gasteiger partial charge in [0.25, 0.3) is 0 Å². The first-order valence-corrected chi connectivity index (χ1v) is 9.28. The van der Waals surface area contributed by atoms with Gasteiger partial charge >= 0.3 is 0 Å². The largest absolute Gasteiger partial charge is 0.508 e. The highest BCUT2D eigenvalue weighted by molar-refractivity contribution is 6.06. The molecule has 0 aliphatic carbocycles. The van der Waals surface area contributed by atoms with Crippen molar-refractivity contribution in [1.82, 2.24) is 5.32 Å². The molecule has 156 valence electrons. The predicted octanol–water partition coefficient (Wildman–Crippen LogP) is 1.62. The van der Waals surface area contributed by atoms with Crippen LogP contribution in [-0.2, 0) is 0 Å². The summed E-state index contributed by atoms with van der Waals surface area (Å²) < 4.78 is 5.86. The van der Waals surface area contributed by atoms with E-state index in [0.29, 0.717) is 13.1 Å². The van der Waals surface area contributed by atoms with Gasteiger partial charge in [-0.1, -0.05) is 6.42 Å². The number of hydrogen-bond donors (Lipinski definition) is 7. The van der Waals surface area contributed by atoms with E-state index in [-0.39, 0.29) is 22.6 Å². The lowest BCUT2D eigenvalue weighted by atomic mass is 9.90. The third kappa shape index (κ3) is 4.15. The number of ether oxygens (including phenoxy) is 1. The molecule has 2 atom stereocenters. The monoisotopic (exact) mass is 404 g/mol. The van der Waals surface area contributed by atoms with E-state index in [4.69, 9.17) is 10.5 Å².